The fourth-order valence-corrected chi connectivity index (χ4v) is 1.78. The summed E-state index contributed by atoms with van der Waals surface area (Å²) in [4.78, 5) is 10.1. The fourth-order valence-electron chi connectivity index (χ4n) is 1.78. The molecule has 0 amide bonds. The average molecular weight is 265 g/mol. The predicted octanol–water partition coefficient (Wildman–Crippen LogP) is 1.85. The first-order valence-corrected chi connectivity index (χ1v) is 5.68. The summed E-state index contributed by atoms with van der Waals surface area (Å²) in [6.45, 7) is 1.95. The van der Waals surface area contributed by atoms with Crippen molar-refractivity contribution in [3.05, 3.63) is 39.8 Å². The molecule has 0 aliphatic rings. The number of rotatable bonds is 4. The van der Waals surface area contributed by atoms with Crippen LogP contribution in [0.25, 0.3) is 5.69 Å². The maximum Gasteiger partial charge on any atom is 0.274 e. The highest BCUT2D eigenvalue weighted by molar-refractivity contribution is 5.47. The lowest BCUT2D eigenvalue weighted by Crippen LogP contribution is -2.05. The largest absolute Gasteiger partial charge is 0.381 e. The standard InChI is InChI=1S/C11H12FN5O2/c1-2-3-10-11(13)14-15-16(10)8-4-7(12)5-9(6-8)17(18)19/h4-6H,2-3,13H2,1H3. The van der Waals surface area contributed by atoms with E-state index >= 15 is 0 Å². The zero-order valence-electron chi connectivity index (χ0n) is 10.2. The van der Waals surface area contributed by atoms with E-state index in [4.69, 9.17) is 5.73 Å². The van der Waals surface area contributed by atoms with Crippen molar-refractivity contribution in [2.75, 3.05) is 5.73 Å². The van der Waals surface area contributed by atoms with Gasteiger partial charge in [0.2, 0.25) is 0 Å². The second-order valence-electron chi connectivity index (χ2n) is 4.01. The van der Waals surface area contributed by atoms with Crippen molar-refractivity contribution in [3.63, 3.8) is 0 Å². The van der Waals surface area contributed by atoms with Crippen LogP contribution >= 0.6 is 0 Å². The molecular weight excluding hydrogens is 253 g/mol. The lowest BCUT2D eigenvalue weighted by Gasteiger charge is -2.06. The number of nitrogens with two attached hydrogens (primary N) is 1. The Hall–Kier alpha value is -2.51. The molecule has 0 atom stereocenters. The maximum atomic E-state index is 13.4. The van der Waals surface area contributed by atoms with Gasteiger partial charge in [-0.05, 0) is 6.42 Å². The van der Waals surface area contributed by atoms with Crippen LogP contribution in [0.2, 0.25) is 0 Å². The van der Waals surface area contributed by atoms with E-state index in [-0.39, 0.29) is 17.2 Å². The Kier molecular flexibility index (Phi) is 3.41. The van der Waals surface area contributed by atoms with Crippen molar-refractivity contribution in [1.29, 1.82) is 0 Å². The van der Waals surface area contributed by atoms with E-state index < -0.39 is 10.7 Å². The summed E-state index contributed by atoms with van der Waals surface area (Å²) < 4.78 is 14.7. The predicted molar refractivity (Wildman–Crippen MR) is 66.4 cm³/mol. The Bertz CT molecular complexity index is 626. The van der Waals surface area contributed by atoms with E-state index in [1.54, 1.807) is 0 Å². The first-order chi connectivity index (χ1) is 9.02. The van der Waals surface area contributed by atoms with Crippen molar-refractivity contribution in [1.82, 2.24) is 15.0 Å². The Morgan fingerprint density at radius 1 is 1.47 bits per heavy atom. The van der Waals surface area contributed by atoms with Gasteiger partial charge < -0.3 is 5.73 Å². The number of nitrogens with zero attached hydrogens (tertiary/aromatic N) is 4. The summed E-state index contributed by atoms with van der Waals surface area (Å²) in [5.74, 6) is -0.463. The quantitative estimate of drug-likeness (QED) is 0.671. The minimum atomic E-state index is -0.708. The van der Waals surface area contributed by atoms with Crippen LogP contribution in [0.1, 0.15) is 19.0 Å². The molecule has 0 aliphatic heterocycles. The van der Waals surface area contributed by atoms with Gasteiger partial charge in [0.1, 0.15) is 5.82 Å². The van der Waals surface area contributed by atoms with Crippen molar-refractivity contribution < 1.29 is 9.31 Å². The number of halogens is 1. The summed E-state index contributed by atoms with van der Waals surface area (Å²) in [5.41, 5.74) is 6.19. The maximum absolute atomic E-state index is 13.4. The smallest absolute Gasteiger partial charge is 0.274 e. The molecule has 0 aliphatic carbocycles. The van der Waals surface area contributed by atoms with Gasteiger partial charge in [0.05, 0.1) is 22.4 Å². The highest BCUT2D eigenvalue weighted by Crippen LogP contribution is 2.22. The van der Waals surface area contributed by atoms with Gasteiger partial charge in [-0.3, -0.25) is 10.1 Å². The van der Waals surface area contributed by atoms with Crippen molar-refractivity contribution in [2.24, 2.45) is 0 Å². The van der Waals surface area contributed by atoms with Gasteiger partial charge in [-0.2, -0.15) is 0 Å². The molecule has 0 bridgehead atoms. The van der Waals surface area contributed by atoms with E-state index in [2.05, 4.69) is 10.3 Å². The van der Waals surface area contributed by atoms with Crippen LogP contribution in [0, 0.1) is 15.9 Å². The molecule has 0 radical (unpaired) electrons. The molecule has 2 rings (SSSR count). The van der Waals surface area contributed by atoms with Gasteiger partial charge in [0.15, 0.2) is 5.82 Å². The summed E-state index contributed by atoms with van der Waals surface area (Å²) >= 11 is 0. The number of hydrogen-bond donors (Lipinski definition) is 1. The topological polar surface area (TPSA) is 99.9 Å². The minimum Gasteiger partial charge on any atom is -0.381 e. The molecule has 2 aromatic rings. The highest BCUT2D eigenvalue weighted by atomic mass is 19.1. The number of nitro groups is 1. The zero-order valence-corrected chi connectivity index (χ0v) is 10.2. The van der Waals surface area contributed by atoms with E-state index in [9.17, 15) is 14.5 Å². The van der Waals surface area contributed by atoms with Crippen molar-refractivity contribution >= 4 is 11.5 Å². The fraction of sp³-hybridized carbons (Fsp3) is 0.273. The van der Waals surface area contributed by atoms with Crippen LogP contribution in [0.15, 0.2) is 18.2 Å². The molecule has 19 heavy (non-hydrogen) atoms. The lowest BCUT2D eigenvalue weighted by atomic mass is 10.2. The van der Waals surface area contributed by atoms with Gasteiger partial charge in [0, 0.05) is 12.1 Å². The number of hydrogen-bond acceptors (Lipinski definition) is 5. The molecule has 0 fully saturated rings. The SMILES string of the molecule is CCCc1c(N)nnn1-c1cc(F)cc([N+](=O)[O-])c1. The van der Waals surface area contributed by atoms with E-state index in [0.717, 1.165) is 18.6 Å². The second kappa shape index (κ2) is 5.01. The third-order valence-electron chi connectivity index (χ3n) is 2.60. The van der Waals surface area contributed by atoms with Crippen LogP contribution in [0.4, 0.5) is 15.9 Å². The van der Waals surface area contributed by atoms with Gasteiger partial charge in [-0.15, -0.1) is 5.10 Å². The summed E-state index contributed by atoms with van der Waals surface area (Å²) in [6.07, 6.45) is 1.40. The lowest BCUT2D eigenvalue weighted by molar-refractivity contribution is -0.385. The van der Waals surface area contributed by atoms with Gasteiger partial charge in [0.25, 0.3) is 5.69 Å². The number of nitro benzene ring substituents is 1. The zero-order chi connectivity index (χ0) is 14.0. The third kappa shape index (κ3) is 2.51. The van der Waals surface area contributed by atoms with Crippen LogP contribution in [0.5, 0.6) is 0 Å². The van der Waals surface area contributed by atoms with Crippen molar-refractivity contribution in [2.45, 2.75) is 19.8 Å². The molecule has 1 heterocycles. The molecule has 1 aromatic carbocycles. The summed E-state index contributed by atoms with van der Waals surface area (Å²) in [7, 11) is 0. The number of nitrogen functional groups attached to an aromatic ring is 1. The molecule has 0 unspecified atom stereocenters. The number of anilines is 1. The monoisotopic (exact) mass is 265 g/mol. The summed E-state index contributed by atoms with van der Waals surface area (Å²) in [6, 6.07) is 3.24. The number of aromatic nitrogens is 3. The Labute approximate surface area is 108 Å². The van der Waals surface area contributed by atoms with Crippen LogP contribution < -0.4 is 5.73 Å². The molecule has 2 N–H and O–H groups in total. The molecule has 100 valence electrons. The van der Waals surface area contributed by atoms with Crippen LogP contribution in [-0.4, -0.2) is 19.9 Å². The molecule has 1 aromatic heterocycles. The molecular formula is C11H12FN5O2. The molecule has 8 heteroatoms. The third-order valence-corrected chi connectivity index (χ3v) is 2.60. The van der Waals surface area contributed by atoms with E-state index in [0.29, 0.717) is 12.1 Å². The Morgan fingerprint density at radius 2 is 2.21 bits per heavy atom. The molecule has 7 nitrogen and oxygen atoms in total. The van der Waals surface area contributed by atoms with Crippen LogP contribution in [0.3, 0.4) is 0 Å². The normalized spacial score (nSPS) is 10.6. The molecule has 0 saturated heterocycles. The molecule has 0 spiro atoms. The average Bonchev–Trinajstić information content (AvgIpc) is 2.71. The second-order valence-corrected chi connectivity index (χ2v) is 4.01. The number of benzene rings is 1. The van der Waals surface area contributed by atoms with Gasteiger partial charge >= 0.3 is 0 Å². The first-order valence-electron chi connectivity index (χ1n) is 5.68. The van der Waals surface area contributed by atoms with E-state index in [1.165, 1.54) is 10.7 Å². The van der Waals surface area contributed by atoms with Crippen molar-refractivity contribution in [3.8, 4) is 5.69 Å². The van der Waals surface area contributed by atoms with Gasteiger partial charge in [-0.25, -0.2) is 9.07 Å². The minimum absolute atomic E-state index is 0.236. The molecule has 0 saturated carbocycles. The Morgan fingerprint density at radius 3 is 2.84 bits per heavy atom. The highest BCUT2D eigenvalue weighted by Gasteiger charge is 2.15. The number of non-ortho nitro benzene ring substituents is 1. The van der Waals surface area contributed by atoms with Gasteiger partial charge in [-0.1, -0.05) is 18.6 Å². The first kappa shape index (κ1) is 12.9. The Balaban J connectivity index is 2.55. The van der Waals surface area contributed by atoms with Crippen LogP contribution in [-0.2, 0) is 6.42 Å². The van der Waals surface area contributed by atoms with E-state index in [1.807, 2.05) is 6.92 Å². The summed E-state index contributed by atoms with van der Waals surface area (Å²) in [5, 5.41) is 18.2.